The van der Waals surface area contributed by atoms with E-state index in [0.717, 1.165) is 56.6 Å². The van der Waals surface area contributed by atoms with Crippen LogP contribution in [0.3, 0.4) is 0 Å². The largest absolute Gasteiger partial charge is 0.356 e. The van der Waals surface area contributed by atoms with E-state index in [1.54, 1.807) is 6.07 Å². The third-order valence-corrected chi connectivity index (χ3v) is 4.69. The van der Waals surface area contributed by atoms with Gasteiger partial charge in [-0.05, 0) is 70.5 Å². The van der Waals surface area contributed by atoms with Crippen molar-refractivity contribution in [2.75, 3.05) is 32.7 Å². The monoisotopic (exact) mass is 319 g/mol. The van der Waals surface area contributed by atoms with Crippen LogP contribution in [0.5, 0.6) is 0 Å². The summed E-state index contributed by atoms with van der Waals surface area (Å²) in [6.45, 7) is 7.78. The second-order valence-electron chi connectivity index (χ2n) is 6.43. The van der Waals surface area contributed by atoms with Crippen LogP contribution in [0.2, 0.25) is 0 Å². The summed E-state index contributed by atoms with van der Waals surface area (Å²) in [5.41, 5.74) is 1.56. The fourth-order valence-electron chi connectivity index (χ4n) is 3.38. The molecule has 0 unspecified atom stereocenters. The van der Waals surface area contributed by atoms with E-state index in [4.69, 9.17) is 4.52 Å². The Bertz CT molecular complexity index is 620. The highest BCUT2D eigenvalue weighted by Gasteiger charge is 2.24. The number of hydrogen-bond donors (Lipinski definition) is 1. The van der Waals surface area contributed by atoms with Crippen LogP contribution >= 0.6 is 0 Å². The van der Waals surface area contributed by atoms with Gasteiger partial charge in [-0.2, -0.15) is 0 Å². The van der Waals surface area contributed by atoms with Gasteiger partial charge in [0.05, 0.1) is 5.69 Å². The second kappa shape index (κ2) is 7.88. The van der Waals surface area contributed by atoms with Crippen molar-refractivity contribution in [1.82, 2.24) is 15.4 Å². The van der Waals surface area contributed by atoms with Crippen molar-refractivity contribution in [2.24, 2.45) is 0 Å². The first kappa shape index (κ1) is 16.4. The van der Waals surface area contributed by atoms with E-state index in [2.05, 4.69) is 22.3 Å². The summed E-state index contributed by atoms with van der Waals surface area (Å²) in [7, 11) is 0. The molecule has 1 saturated heterocycles. The van der Waals surface area contributed by atoms with E-state index in [9.17, 15) is 4.39 Å². The van der Waals surface area contributed by atoms with Crippen LogP contribution in [0.1, 0.15) is 44.2 Å². The number of nitrogens with one attached hydrogen (secondary N) is 1. The van der Waals surface area contributed by atoms with Crippen molar-refractivity contribution >= 4 is 11.0 Å². The summed E-state index contributed by atoms with van der Waals surface area (Å²) in [6.07, 6.45) is 4.60. The van der Waals surface area contributed by atoms with Crippen molar-refractivity contribution in [3.8, 4) is 0 Å². The normalized spacial score (nSPS) is 17.1. The molecule has 1 aromatic carbocycles. The van der Waals surface area contributed by atoms with Crippen LogP contribution in [0.15, 0.2) is 22.7 Å². The molecule has 1 N–H and O–H groups in total. The lowest BCUT2D eigenvalue weighted by molar-refractivity contribution is 0.207. The molecule has 5 heteroatoms. The summed E-state index contributed by atoms with van der Waals surface area (Å²) < 4.78 is 18.5. The number of piperidine rings is 1. The molecule has 2 heterocycles. The Kier molecular flexibility index (Phi) is 5.62. The Hall–Kier alpha value is -1.46. The van der Waals surface area contributed by atoms with E-state index < -0.39 is 0 Å². The third kappa shape index (κ3) is 4.09. The van der Waals surface area contributed by atoms with Crippen LogP contribution in [0.25, 0.3) is 11.0 Å². The first-order valence-electron chi connectivity index (χ1n) is 8.76. The summed E-state index contributed by atoms with van der Waals surface area (Å²) in [6, 6.07) is 4.70. The number of fused-ring (bicyclic) bond motifs is 1. The minimum absolute atomic E-state index is 0.272. The molecule has 1 aliphatic rings. The summed E-state index contributed by atoms with van der Waals surface area (Å²) >= 11 is 0. The van der Waals surface area contributed by atoms with Gasteiger partial charge in [0.1, 0.15) is 5.82 Å². The average molecular weight is 319 g/mol. The molecule has 2 aromatic rings. The van der Waals surface area contributed by atoms with E-state index in [1.807, 2.05) is 0 Å². The summed E-state index contributed by atoms with van der Waals surface area (Å²) in [4.78, 5) is 2.53. The van der Waals surface area contributed by atoms with Crippen molar-refractivity contribution in [2.45, 2.75) is 38.5 Å². The van der Waals surface area contributed by atoms with Crippen LogP contribution < -0.4 is 5.32 Å². The Morgan fingerprint density at radius 3 is 2.91 bits per heavy atom. The highest BCUT2D eigenvalue weighted by molar-refractivity contribution is 5.79. The van der Waals surface area contributed by atoms with Crippen molar-refractivity contribution in [1.29, 1.82) is 0 Å². The molecule has 3 rings (SSSR count). The predicted octanol–water partition coefficient (Wildman–Crippen LogP) is 3.54. The molecule has 0 bridgehead atoms. The number of hydrogen-bond acceptors (Lipinski definition) is 4. The van der Waals surface area contributed by atoms with Gasteiger partial charge < -0.3 is 14.7 Å². The van der Waals surface area contributed by atoms with E-state index in [1.165, 1.54) is 25.0 Å². The molecule has 0 aliphatic carbocycles. The maximum Gasteiger partial charge on any atom is 0.170 e. The number of halogens is 1. The van der Waals surface area contributed by atoms with Gasteiger partial charge in [-0.15, -0.1) is 0 Å². The Labute approximate surface area is 137 Å². The van der Waals surface area contributed by atoms with E-state index >= 15 is 0 Å². The molecule has 0 atom stereocenters. The zero-order valence-corrected chi connectivity index (χ0v) is 13.9. The number of aromatic nitrogens is 1. The lowest BCUT2D eigenvalue weighted by atomic mass is 9.91. The Balaban J connectivity index is 1.50. The molecule has 0 amide bonds. The smallest absolute Gasteiger partial charge is 0.170 e. The van der Waals surface area contributed by atoms with Crippen LogP contribution in [-0.4, -0.2) is 42.8 Å². The van der Waals surface area contributed by atoms with Crippen LogP contribution in [0, 0.1) is 5.82 Å². The fraction of sp³-hybridized carbons (Fsp3) is 0.611. The molecule has 1 aromatic heterocycles. The van der Waals surface area contributed by atoms with Gasteiger partial charge in [0, 0.05) is 17.4 Å². The fourth-order valence-corrected chi connectivity index (χ4v) is 3.38. The van der Waals surface area contributed by atoms with Crippen molar-refractivity contribution in [3.05, 3.63) is 29.7 Å². The minimum atomic E-state index is -0.272. The van der Waals surface area contributed by atoms with Gasteiger partial charge >= 0.3 is 0 Å². The number of likely N-dealkylation sites (tertiary alicyclic amines) is 1. The van der Waals surface area contributed by atoms with Gasteiger partial charge in [-0.25, -0.2) is 4.39 Å². The van der Waals surface area contributed by atoms with Crippen LogP contribution in [-0.2, 0) is 0 Å². The van der Waals surface area contributed by atoms with Crippen molar-refractivity contribution < 1.29 is 8.91 Å². The Morgan fingerprint density at radius 1 is 1.30 bits per heavy atom. The molecule has 4 nitrogen and oxygen atoms in total. The molecule has 1 aliphatic heterocycles. The minimum Gasteiger partial charge on any atom is -0.356 e. The van der Waals surface area contributed by atoms with E-state index in [0.29, 0.717) is 11.5 Å². The lowest BCUT2D eigenvalue weighted by Gasteiger charge is -2.31. The zero-order chi connectivity index (χ0) is 16.1. The molecule has 1 fully saturated rings. The maximum atomic E-state index is 13.2. The Morgan fingerprint density at radius 2 is 2.13 bits per heavy atom. The van der Waals surface area contributed by atoms with Gasteiger partial charge in [-0.1, -0.05) is 12.1 Å². The molecule has 126 valence electrons. The molecule has 0 spiro atoms. The van der Waals surface area contributed by atoms with Gasteiger partial charge in [0.2, 0.25) is 0 Å². The standard InChI is InChI=1S/C18H26FN3O/c1-2-8-20-9-3-10-22-11-6-14(7-12-22)18-16-5-4-15(19)13-17(16)23-21-18/h4-5,13-14,20H,2-3,6-12H2,1H3. The number of benzene rings is 1. The predicted molar refractivity (Wildman–Crippen MR) is 90.2 cm³/mol. The number of rotatable bonds is 7. The highest BCUT2D eigenvalue weighted by atomic mass is 19.1. The highest BCUT2D eigenvalue weighted by Crippen LogP contribution is 2.32. The molecule has 0 saturated carbocycles. The summed E-state index contributed by atoms with van der Waals surface area (Å²) in [5.74, 6) is 0.155. The van der Waals surface area contributed by atoms with Gasteiger partial charge in [0.25, 0.3) is 0 Å². The quantitative estimate of drug-likeness (QED) is 0.793. The lowest BCUT2D eigenvalue weighted by Crippen LogP contribution is -2.35. The SMILES string of the molecule is CCCNCCCN1CCC(c2noc3cc(F)ccc23)CC1. The molecular weight excluding hydrogens is 293 g/mol. The third-order valence-electron chi connectivity index (χ3n) is 4.69. The second-order valence-corrected chi connectivity index (χ2v) is 6.43. The molecule has 23 heavy (non-hydrogen) atoms. The summed E-state index contributed by atoms with van der Waals surface area (Å²) in [5, 5.41) is 8.63. The maximum absolute atomic E-state index is 13.2. The molecular formula is C18H26FN3O. The topological polar surface area (TPSA) is 41.3 Å². The molecule has 0 radical (unpaired) electrons. The van der Waals surface area contributed by atoms with E-state index in [-0.39, 0.29) is 5.82 Å². The average Bonchev–Trinajstić information content (AvgIpc) is 2.98. The number of nitrogens with zero attached hydrogens (tertiary/aromatic N) is 2. The van der Waals surface area contributed by atoms with Gasteiger partial charge in [-0.3, -0.25) is 0 Å². The van der Waals surface area contributed by atoms with Crippen molar-refractivity contribution in [3.63, 3.8) is 0 Å². The zero-order valence-electron chi connectivity index (χ0n) is 13.9. The first-order chi connectivity index (χ1) is 11.3. The van der Waals surface area contributed by atoms with Crippen LogP contribution in [0.4, 0.5) is 4.39 Å². The van der Waals surface area contributed by atoms with Gasteiger partial charge in [0.15, 0.2) is 5.58 Å². The first-order valence-corrected chi connectivity index (χ1v) is 8.76.